The molecule has 6 nitrogen and oxygen atoms in total. The maximum absolute atomic E-state index is 12.2. The van der Waals surface area contributed by atoms with Crippen molar-refractivity contribution in [3.63, 3.8) is 0 Å². The molecule has 0 fully saturated rings. The van der Waals surface area contributed by atoms with Crippen LogP contribution in [0.15, 0.2) is 58.2 Å². The topological polar surface area (TPSA) is 88.2 Å². The van der Waals surface area contributed by atoms with Crippen molar-refractivity contribution < 1.29 is 13.2 Å². The largest absolute Gasteiger partial charge is 0.351 e. The van der Waals surface area contributed by atoms with Crippen LogP contribution in [0.1, 0.15) is 12.5 Å². The highest BCUT2D eigenvalue weighted by atomic mass is 79.9. The molecule has 2 rings (SSSR count). The first-order chi connectivity index (χ1) is 10.9. The molecule has 23 heavy (non-hydrogen) atoms. The minimum atomic E-state index is -3.75. The van der Waals surface area contributed by atoms with E-state index < -0.39 is 22.0 Å². The van der Waals surface area contributed by atoms with Gasteiger partial charge in [-0.2, -0.15) is 4.72 Å². The van der Waals surface area contributed by atoms with Crippen LogP contribution in [0.5, 0.6) is 0 Å². The Morgan fingerprint density at radius 2 is 1.78 bits per heavy atom. The van der Waals surface area contributed by atoms with E-state index in [1.54, 1.807) is 36.7 Å². The first kappa shape index (κ1) is 17.6. The lowest BCUT2D eigenvalue weighted by Crippen LogP contribution is -2.44. The fourth-order valence-electron chi connectivity index (χ4n) is 1.81. The Bertz CT molecular complexity index is 764. The van der Waals surface area contributed by atoms with Crippen LogP contribution in [-0.2, 0) is 21.4 Å². The van der Waals surface area contributed by atoms with E-state index in [1.165, 1.54) is 19.1 Å². The van der Waals surface area contributed by atoms with Crippen LogP contribution >= 0.6 is 15.9 Å². The van der Waals surface area contributed by atoms with E-state index >= 15 is 0 Å². The number of pyridine rings is 1. The Morgan fingerprint density at radius 3 is 2.39 bits per heavy atom. The number of benzene rings is 1. The summed E-state index contributed by atoms with van der Waals surface area (Å²) in [5.41, 5.74) is 0.885. The third-order valence-electron chi connectivity index (χ3n) is 3.07. The summed E-state index contributed by atoms with van der Waals surface area (Å²) < 4.78 is 27.6. The molecule has 0 unspecified atom stereocenters. The number of nitrogens with zero attached hydrogens (tertiary/aromatic N) is 1. The first-order valence-electron chi connectivity index (χ1n) is 6.83. The Labute approximate surface area is 143 Å². The summed E-state index contributed by atoms with van der Waals surface area (Å²) in [6, 6.07) is 8.85. The maximum atomic E-state index is 12.2. The van der Waals surface area contributed by atoms with Crippen molar-refractivity contribution in [1.29, 1.82) is 0 Å². The van der Waals surface area contributed by atoms with Crippen molar-refractivity contribution in [3.05, 3.63) is 58.8 Å². The highest BCUT2D eigenvalue weighted by molar-refractivity contribution is 9.10. The summed E-state index contributed by atoms with van der Waals surface area (Å²) in [7, 11) is -3.75. The van der Waals surface area contributed by atoms with Gasteiger partial charge in [0.05, 0.1) is 10.9 Å². The van der Waals surface area contributed by atoms with E-state index in [2.05, 4.69) is 31.0 Å². The average Bonchev–Trinajstić information content (AvgIpc) is 2.53. The normalized spacial score (nSPS) is 12.6. The van der Waals surface area contributed by atoms with Crippen LogP contribution in [0, 0.1) is 0 Å². The molecule has 0 aliphatic rings. The lowest BCUT2D eigenvalue weighted by molar-refractivity contribution is -0.122. The molecule has 0 bridgehead atoms. The summed E-state index contributed by atoms with van der Waals surface area (Å²) in [6.07, 6.45) is 3.25. The number of aromatic nitrogens is 1. The number of carbonyl (C=O) groups excluding carboxylic acids is 1. The number of carbonyl (C=O) groups is 1. The van der Waals surface area contributed by atoms with Crippen molar-refractivity contribution in [2.75, 3.05) is 0 Å². The van der Waals surface area contributed by atoms with Gasteiger partial charge in [-0.3, -0.25) is 9.78 Å². The van der Waals surface area contributed by atoms with Gasteiger partial charge in [0.15, 0.2) is 0 Å². The molecule has 0 spiro atoms. The van der Waals surface area contributed by atoms with Crippen molar-refractivity contribution in [2.45, 2.75) is 24.4 Å². The number of amides is 1. The van der Waals surface area contributed by atoms with Gasteiger partial charge in [-0.1, -0.05) is 15.9 Å². The second-order valence-corrected chi connectivity index (χ2v) is 7.50. The Kier molecular flexibility index (Phi) is 5.86. The number of nitrogens with one attached hydrogen (secondary N) is 2. The molecule has 1 heterocycles. The standard InChI is InChI=1S/C15H16BrN3O3S/c1-11(15(20)18-10-12-6-8-17-9-7-12)19-23(21,22)14-4-2-13(16)3-5-14/h2-9,11,19H,10H2,1H3,(H,18,20)/t11-/m1/s1. The van der Waals surface area contributed by atoms with Crippen molar-refractivity contribution in [3.8, 4) is 0 Å². The van der Waals surface area contributed by atoms with E-state index in [0.717, 1.165) is 10.0 Å². The van der Waals surface area contributed by atoms with Gasteiger partial charge in [-0.15, -0.1) is 0 Å². The predicted molar refractivity (Wildman–Crippen MR) is 90.0 cm³/mol. The fourth-order valence-corrected chi connectivity index (χ4v) is 3.28. The predicted octanol–water partition coefficient (Wildman–Crippen LogP) is 1.83. The van der Waals surface area contributed by atoms with Crippen LogP contribution in [0.2, 0.25) is 0 Å². The first-order valence-corrected chi connectivity index (χ1v) is 9.10. The summed E-state index contributed by atoms with van der Waals surface area (Å²) in [6.45, 7) is 1.81. The third kappa shape index (κ3) is 5.12. The Hall–Kier alpha value is -1.77. The van der Waals surface area contributed by atoms with E-state index in [4.69, 9.17) is 0 Å². The van der Waals surface area contributed by atoms with E-state index in [0.29, 0.717) is 6.54 Å². The van der Waals surface area contributed by atoms with E-state index in [1.807, 2.05) is 0 Å². The minimum Gasteiger partial charge on any atom is -0.351 e. The molecule has 0 saturated carbocycles. The molecule has 0 saturated heterocycles. The van der Waals surface area contributed by atoms with Gasteiger partial charge in [0.25, 0.3) is 0 Å². The van der Waals surface area contributed by atoms with Crippen molar-refractivity contribution in [2.24, 2.45) is 0 Å². The number of sulfonamides is 1. The Balaban J connectivity index is 1.96. The van der Waals surface area contributed by atoms with Gasteiger partial charge < -0.3 is 5.32 Å². The van der Waals surface area contributed by atoms with Crippen LogP contribution < -0.4 is 10.0 Å². The van der Waals surface area contributed by atoms with E-state index in [-0.39, 0.29) is 4.90 Å². The van der Waals surface area contributed by atoms with Crippen LogP contribution in [0.3, 0.4) is 0 Å². The van der Waals surface area contributed by atoms with Gasteiger partial charge in [-0.05, 0) is 48.9 Å². The van der Waals surface area contributed by atoms with Gasteiger partial charge >= 0.3 is 0 Å². The fraction of sp³-hybridized carbons (Fsp3) is 0.200. The lowest BCUT2D eigenvalue weighted by Gasteiger charge is -2.14. The zero-order chi connectivity index (χ0) is 16.9. The SMILES string of the molecule is C[C@@H](NS(=O)(=O)c1ccc(Br)cc1)C(=O)NCc1ccncc1. The average molecular weight is 398 g/mol. The quantitative estimate of drug-likeness (QED) is 0.777. The molecular weight excluding hydrogens is 382 g/mol. The molecule has 1 amide bonds. The van der Waals surface area contributed by atoms with Crippen molar-refractivity contribution >= 4 is 31.9 Å². The molecule has 1 aromatic heterocycles. The van der Waals surface area contributed by atoms with Gasteiger partial charge in [0.2, 0.25) is 15.9 Å². The number of hydrogen-bond acceptors (Lipinski definition) is 4. The molecule has 122 valence electrons. The molecule has 2 aromatic rings. The highest BCUT2D eigenvalue weighted by Crippen LogP contribution is 2.14. The smallest absolute Gasteiger partial charge is 0.241 e. The molecule has 0 aliphatic heterocycles. The molecular formula is C15H16BrN3O3S. The maximum Gasteiger partial charge on any atom is 0.241 e. The molecule has 1 aromatic carbocycles. The number of rotatable bonds is 6. The van der Waals surface area contributed by atoms with Gasteiger partial charge in [0.1, 0.15) is 0 Å². The second-order valence-electron chi connectivity index (χ2n) is 4.87. The molecule has 8 heteroatoms. The third-order valence-corrected chi connectivity index (χ3v) is 5.15. The summed E-state index contributed by atoms with van der Waals surface area (Å²) in [5.74, 6) is -0.400. The number of halogens is 1. The highest BCUT2D eigenvalue weighted by Gasteiger charge is 2.21. The zero-order valence-corrected chi connectivity index (χ0v) is 14.8. The molecule has 0 radical (unpaired) electrons. The van der Waals surface area contributed by atoms with Crippen molar-refractivity contribution in [1.82, 2.24) is 15.0 Å². The van der Waals surface area contributed by atoms with Gasteiger partial charge in [-0.25, -0.2) is 8.42 Å². The second kappa shape index (κ2) is 7.67. The summed E-state index contributed by atoms with van der Waals surface area (Å²) in [4.78, 5) is 16.0. The summed E-state index contributed by atoms with van der Waals surface area (Å²) >= 11 is 3.25. The monoisotopic (exact) mass is 397 g/mol. The minimum absolute atomic E-state index is 0.106. The molecule has 1 atom stereocenters. The van der Waals surface area contributed by atoms with Crippen LogP contribution in [0.4, 0.5) is 0 Å². The molecule has 2 N–H and O–H groups in total. The zero-order valence-electron chi connectivity index (χ0n) is 12.4. The van der Waals surface area contributed by atoms with Crippen LogP contribution in [-0.4, -0.2) is 25.4 Å². The molecule has 0 aliphatic carbocycles. The lowest BCUT2D eigenvalue weighted by atomic mass is 10.2. The van der Waals surface area contributed by atoms with Crippen LogP contribution in [0.25, 0.3) is 0 Å². The summed E-state index contributed by atoms with van der Waals surface area (Å²) in [5, 5.41) is 2.68. The number of hydrogen-bond donors (Lipinski definition) is 2. The van der Waals surface area contributed by atoms with E-state index in [9.17, 15) is 13.2 Å². The van der Waals surface area contributed by atoms with Gasteiger partial charge in [0, 0.05) is 23.4 Å². The Morgan fingerprint density at radius 1 is 1.17 bits per heavy atom.